The molecule has 0 aliphatic heterocycles. The van der Waals surface area contributed by atoms with Crippen LogP contribution in [0.15, 0.2) is 36.7 Å². The van der Waals surface area contributed by atoms with Gasteiger partial charge in [-0.25, -0.2) is 4.98 Å². The summed E-state index contributed by atoms with van der Waals surface area (Å²) < 4.78 is 2.25. The van der Waals surface area contributed by atoms with Gasteiger partial charge in [0.2, 0.25) is 0 Å². The van der Waals surface area contributed by atoms with Crippen LogP contribution in [0.1, 0.15) is 32.0 Å². The monoisotopic (exact) mass is 252 g/mol. The molecule has 0 fully saturated rings. The zero-order valence-corrected chi connectivity index (χ0v) is 12.1. The summed E-state index contributed by atoms with van der Waals surface area (Å²) >= 11 is 0. The Balaban J connectivity index is 2.30. The first-order chi connectivity index (χ1) is 8.96. The lowest BCUT2D eigenvalue weighted by Gasteiger charge is -2.17. The number of rotatable bonds is 1. The van der Waals surface area contributed by atoms with Crippen LogP contribution in [-0.4, -0.2) is 9.38 Å². The Labute approximate surface area is 114 Å². The average Bonchev–Trinajstić information content (AvgIpc) is 2.71. The van der Waals surface area contributed by atoms with Crippen LogP contribution in [0.3, 0.4) is 0 Å². The zero-order valence-electron chi connectivity index (χ0n) is 12.1. The third-order valence-corrected chi connectivity index (χ3v) is 3.50. The van der Waals surface area contributed by atoms with Gasteiger partial charge in [0.05, 0.1) is 0 Å². The van der Waals surface area contributed by atoms with Crippen molar-refractivity contribution in [3.63, 3.8) is 0 Å². The van der Waals surface area contributed by atoms with Gasteiger partial charge in [-0.05, 0) is 29.7 Å². The lowest BCUT2D eigenvalue weighted by atomic mass is 9.91. The van der Waals surface area contributed by atoms with Gasteiger partial charge in [0, 0.05) is 23.5 Å². The number of aryl methyl sites for hydroxylation is 1. The molecule has 0 unspecified atom stereocenters. The fraction of sp³-hybridized carbons (Fsp3) is 0.353. The fourth-order valence-corrected chi connectivity index (χ4v) is 2.70. The standard InChI is InChI=1S/C17H20N2/c1-12-11-19-13(9-17(2,3)4)10-18-16(19)15-8-6-5-7-14(12)15/h5-8,10-11H,9H2,1-4H3. The third kappa shape index (κ3) is 2.12. The fourth-order valence-electron chi connectivity index (χ4n) is 2.70. The molecule has 3 aromatic rings. The minimum Gasteiger partial charge on any atom is -0.303 e. The van der Waals surface area contributed by atoms with Crippen molar-refractivity contribution in [2.75, 3.05) is 0 Å². The maximum Gasteiger partial charge on any atom is 0.144 e. The number of benzene rings is 1. The first-order valence-corrected chi connectivity index (χ1v) is 6.80. The summed E-state index contributed by atoms with van der Waals surface area (Å²) in [6, 6.07) is 8.50. The Bertz CT molecular complexity index is 745. The number of hydrogen-bond acceptors (Lipinski definition) is 1. The van der Waals surface area contributed by atoms with Crippen LogP contribution >= 0.6 is 0 Å². The molecular formula is C17H20N2. The third-order valence-electron chi connectivity index (χ3n) is 3.50. The zero-order chi connectivity index (χ0) is 13.6. The quantitative estimate of drug-likeness (QED) is 0.628. The van der Waals surface area contributed by atoms with Crippen molar-refractivity contribution in [1.29, 1.82) is 0 Å². The van der Waals surface area contributed by atoms with E-state index in [1.165, 1.54) is 22.0 Å². The van der Waals surface area contributed by atoms with Gasteiger partial charge in [0.1, 0.15) is 5.65 Å². The summed E-state index contributed by atoms with van der Waals surface area (Å²) in [4.78, 5) is 4.64. The van der Waals surface area contributed by atoms with Gasteiger partial charge in [-0.2, -0.15) is 0 Å². The molecule has 0 radical (unpaired) electrons. The Hall–Kier alpha value is -1.83. The van der Waals surface area contributed by atoms with Crippen LogP contribution in [0.25, 0.3) is 16.4 Å². The summed E-state index contributed by atoms with van der Waals surface area (Å²) in [7, 11) is 0. The van der Waals surface area contributed by atoms with Gasteiger partial charge >= 0.3 is 0 Å². The van der Waals surface area contributed by atoms with Crippen LogP contribution in [-0.2, 0) is 6.42 Å². The molecule has 0 spiro atoms. The molecule has 0 bridgehead atoms. The van der Waals surface area contributed by atoms with E-state index in [4.69, 9.17) is 0 Å². The number of hydrogen-bond donors (Lipinski definition) is 0. The maximum absolute atomic E-state index is 4.64. The first-order valence-electron chi connectivity index (χ1n) is 6.80. The van der Waals surface area contributed by atoms with E-state index in [-0.39, 0.29) is 5.41 Å². The number of pyridine rings is 1. The van der Waals surface area contributed by atoms with Crippen LogP contribution in [0.2, 0.25) is 0 Å². The van der Waals surface area contributed by atoms with E-state index in [9.17, 15) is 0 Å². The summed E-state index contributed by atoms with van der Waals surface area (Å²) in [6.07, 6.45) is 5.27. The highest BCUT2D eigenvalue weighted by molar-refractivity contribution is 5.96. The molecule has 0 N–H and O–H groups in total. The second kappa shape index (κ2) is 4.09. The molecule has 2 nitrogen and oxygen atoms in total. The molecular weight excluding hydrogens is 232 g/mol. The predicted octanol–water partition coefficient (Wildman–Crippen LogP) is 4.38. The highest BCUT2D eigenvalue weighted by atomic mass is 15.0. The highest BCUT2D eigenvalue weighted by Crippen LogP contribution is 2.26. The van der Waals surface area contributed by atoms with E-state index in [0.717, 1.165) is 12.1 Å². The van der Waals surface area contributed by atoms with Crippen molar-refractivity contribution in [2.24, 2.45) is 5.41 Å². The summed E-state index contributed by atoms with van der Waals surface area (Å²) in [6.45, 7) is 8.96. The molecule has 0 atom stereocenters. The molecule has 0 saturated carbocycles. The van der Waals surface area contributed by atoms with E-state index in [1.54, 1.807) is 0 Å². The molecule has 2 heterocycles. The van der Waals surface area contributed by atoms with Crippen LogP contribution in [0, 0.1) is 12.3 Å². The topological polar surface area (TPSA) is 17.3 Å². The molecule has 0 aliphatic carbocycles. The molecule has 0 saturated heterocycles. The van der Waals surface area contributed by atoms with Gasteiger partial charge in [0.15, 0.2) is 0 Å². The van der Waals surface area contributed by atoms with Crippen LogP contribution in [0.4, 0.5) is 0 Å². The van der Waals surface area contributed by atoms with Gasteiger partial charge < -0.3 is 4.40 Å². The Morgan fingerprint density at radius 2 is 1.79 bits per heavy atom. The molecule has 3 rings (SSSR count). The number of fused-ring (bicyclic) bond motifs is 3. The van der Waals surface area contributed by atoms with Crippen molar-refractivity contribution in [3.05, 3.63) is 47.9 Å². The minimum atomic E-state index is 0.273. The van der Waals surface area contributed by atoms with Crippen molar-refractivity contribution in [3.8, 4) is 0 Å². The van der Waals surface area contributed by atoms with E-state index >= 15 is 0 Å². The second-order valence-electron chi connectivity index (χ2n) is 6.54. The lowest BCUT2D eigenvalue weighted by Crippen LogP contribution is -2.11. The smallest absolute Gasteiger partial charge is 0.144 e. The number of nitrogens with zero attached hydrogens (tertiary/aromatic N) is 2. The Morgan fingerprint density at radius 1 is 1.11 bits per heavy atom. The molecule has 0 amide bonds. The largest absolute Gasteiger partial charge is 0.303 e. The molecule has 0 aliphatic rings. The minimum absolute atomic E-state index is 0.273. The van der Waals surface area contributed by atoms with Crippen LogP contribution in [0.5, 0.6) is 0 Å². The van der Waals surface area contributed by atoms with Crippen molar-refractivity contribution in [1.82, 2.24) is 9.38 Å². The lowest BCUT2D eigenvalue weighted by molar-refractivity contribution is 0.405. The van der Waals surface area contributed by atoms with Gasteiger partial charge in [0.25, 0.3) is 0 Å². The first kappa shape index (κ1) is 12.2. The molecule has 98 valence electrons. The molecule has 2 aromatic heterocycles. The normalized spacial score (nSPS) is 12.4. The van der Waals surface area contributed by atoms with Crippen LogP contribution < -0.4 is 0 Å². The van der Waals surface area contributed by atoms with Crippen molar-refractivity contribution >= 4 is 16.4 Å². The van der Waals surface area contributed by atoms with Crippen molar-refractivity contribution < 1.29 is 0 Å². The SMILES string of the molecule is Cc1cn2c(CC(C)(C)C)cnc2c2ccccc12. The van der Waals surface area contributed by atoms with E-state index < -0.39 is 0 Å². The number of aromatic nitrogens is 2. The molecule has 2 heteroatoms. The molecule has 19 heavy (non-hydrogen) atoms. The summed E-state index contributed by atoms with van der Waals surface area (Å²) in [5.74, 6) is 0. The average molecular weight is 252 g/mol. The Morgan fingerprint density at radius 3 is 2.47 bits per heavy atom. The van der Waals surface area contributed by atoms with Gasteiger partial charge in [-0.3, -0.25) is 0 Å². The summed E-state index contributed by atoms with van der Waals surface area (Å²) in [5.41, 5.74) is 3.93. The van der Waals surface area contributed by atoms with E-state index in [0.29, 0.717) is 0 Å². The number of imidazole rings is 1. The van der Waals surface area contributed by atoms with E-state index in [1.807, 2.05) is 6.20 Å². The van der Waals surface area contributed by atoms with Gasteiger partial charge in [-0.15, -0.1) is 0 Å². The van der Waals surface area contributed by atoms with Gasteiger partial charge in [-0.1, -0.05) is 45.0 Å². The summed E-state index contributed by atoms with van der Waals surface area (Å²) in [5, 5.41) is 2.53. The highest BCUT2D eigenvalue weighted by Gasteiger charge is 2.16. The van der Waals surface area contributed by atoms with Crippen molar-refractivity contribution in [2.45, 2.75) is 34.1 Å². The maximum atomic E-state index is 4.64. The second-order valence-corrected chi connectivity index (χ2v) is 6.54. The Kier molecular flexibility index (Phi) is 2.63. The van der Waals surface area contributed by atoms with E-state index in [2.05, 4.69) is 67.5 Å². The predicted molar refractivity (Wildman–Crippen MR) is 80.6 cm³/mol. The molecule has 1 aromatic carbocycles.